The van der Waals surface area contributed by atoms with Crippen LogP contribution in [-0.4, -0.2) is 17.0 Å². The molecule has 2 rings (SSSR count). The Bertz CT molecular complexity index is 1190. The number of aliphatic imine (C=N–C) groups is 1. The van der Waals surface area contributed by atoms with E-state index >= 15 is 0 Å². The van der Waals surface area contributed by atoms with Crippen molar-refractivity contribution in [2.75, 3.05) is 5.32 Å². The molecule has 0 spiro atoms. The van der Waals surface area contributed by atoms with Gasteiger partial charge in [-0.3, -0.25) is 9.79 Å². The van der Waals surface area contributed by atoms with Crippen molar-refractivity contribution in [2.45, 2.75) is 67.2 Å². The number of carbonyl (C=O) groups is 1. The zero-order valence-corrected chi connectivity index (χ0v) is 22.3. The average molecular weight is 476 g/mol. The van der Waals surface area contributed by atoms with Crippen molar-refractivity contribution in [3.63, 3.8) is 0 Å². The van der Waals surface area contributed by atoms with E-state index in [9.17, 15) is 9.18 Å². The lowest BCUT2D eigenvalue weighted by atomic mass is 9.74. The van der Waals surface area contributed by atoms with E-state index in [1.54, 1.807) is 12.2 Å². The number of nitrogens with one attached hydrogen (secondary N) is 1. The Labute approximate surface area is 209 Å². The van der Waals surface area contributed by atoms with Crippen LogP contribution < -0.4 is 5.32 Å². The summed E-state index contributed by atoms with van der Waals surface area (Å²) in [7, 11) is 0. The molecule has 0 bridgehead atoms. The third kappa shape index (κ3) is 6.41. The third-order valence-corrected chi connectivity index (χ3v) is 6.02. The highest BCUT2D eigenvalue weighted by molar-refractivity contribution is 5.91. The normalized spacial score (nSPS) is 13.0. The van der Waals surface area contributed by atoms with Gasteiger partial charge in [0.1, 0.15) is 17.4 Å². The topological polar surface area (TPSA) is 54.4 Å². The summed E-state index contributed by atoms with van der Waals surface area (Å²) in [5.74, 6) is 0.210. The first-order chi connectivity index (χ1) is 16.5. The van der Waals surface area contributed by atoms with E-state index in [1.165, 1.54) is 6.08 Å². The highest BCUT2D eigenvalue weighted by Crippen LogP contribution is 2.35. The molecule has 0 atom stereocenters. The number of aromatic nitrogens is 1. The van der Waals surface area contributed by atoms with E-state index in [0.29, 0.717) is 11.5 Å². The van der Waals surface area contributed by atoms with Gasteiger partial charge in [-0.15, -0.1) is 0 Å². The second kappa shape index (κ2) is 11.9. The van der Waals surface area contributed by atoms with Crippen LogP contribution in [-0.2, 0) is 10.2 Å². The van der Waals surface area contributed by atoms with Crippen LogP contribution >= 0.6 is 0 Å². The molecule has 0 saturated carbocycles. The summed E-state index contributed by atoms with van der Waals surface area (Å²) in [6, 6.07) is 7.98. The van der Waals surface area contributed by atoms with Crippen molar-refractivity contribution in [1.82, 2.24) is 4.98 Å². The Morgan fingerprint density at radius 2 is 1.94 bits per heavy atom. The molecular weight excluding hydrogens is 437 g/mol. The number of nitrogens with zero attached hydrogens (tertiary/aromatic N) is 2. The van der Waals surface area contributed by atoms with Crippen LogP contribution in [0.1, 0.15) is 64.7 Å². The van der Waals surface area contributed by atoms with Crippen molar-refractivity contribution in [3.8, 4) is 11.3 Å². The standard InChI is InChI=1S/C30H38FN3O/c1-10-13-25(24(31)12-3)33-29-21(7)26(32-16-11-2)18-27(34-29)22-14-15-23(20(6)17-22)30(8,9)28(35)19(4)5/h10,12-19H,3,11H2,1-2,4-9H3,(H,33,34)/b13-10-,25-24-,32-16?. The highest BCUT2D eigenvalue weighted by Gasteiger charge is 2.32. The number of carbonyl (C=O) groups excluding carboxylic acids is 1. The van der Waals surface area contributed by atoms with Crippen LogP contribution in [0.5, 0.6) is 0 Å². The summed E-state index contributed by atoms with van der Waals surface area (Å²) in [5, 5.41) is 3.12. The number of allylic oxidation sites excluding steroid dienone is 4. The van der Waals surface area contributed by atoms with Crippen LogP contribution in [0.25, 0.3) is 11.3 Å². The molecule has 1 N–H and O–H groups in total. The van der Waals surface area contributed by atoms with Gasteiger partial charge in [-0.05, 0) is 76.5 Å². The lowest BCUT2D eigenvalue weighted by Crippen LogP contribution is -2.33. The van der Waals surface area contributed by atoms with Crippen molar-refractivity contribution in [1.29, 1.82) is 0 Å². The van der Waals surface area contributed by atoms with Gasteiger partial charge in [-0.25, -0.2) is 9.37 Å². The Balaban J connectivity index is 2.67. The molecule has 2 aromatic rings. The molecule has 0 amide bonds. The van der Waals surface area contributed by atoms with E-state index in [4.69, 9.17) is 4.98 Å². The number of rotatable bonds is 10. The molecule has 0 unspecified atom stereocenters. The zero-order chi connectivity index (χ0) is 26.3. The second-order valence-electron chi connectivity index (χ2n) is 9.48. The quantitative estimate of drug-likeness (QED) is 0.277. The molecule has 0 saturated heterocycles. The molecule has 1 aromatic carbocycles. The SMILES string of the molecule is C=C/C(F)=C(\C=C/C)Nc1nc(-c2ccc(C(C)(C)C(=O)C(C)C)c(C)c2)cc(N=CCC)c1C. The van der Waals surface area contributed by atoms with Crippen LogP contribution in [0.15, 0.2) is 65.6 Å². The zero-order valence-electron chi connectivity index (χ0n) is 22.3. The van der Waals surface area contributed by atoms with Crippen LogP contribution in [0.4, 0.5) is 15.9 Å². The van der Waals surface area contributed by atoms with Crippen LogP contribution in [0.3, 0.4) is 0 Å². The third-order valence-electron chi connectivity index (χ3n) is 6.02. The minimum absolute atomic E-state index is 0.0501. The minimum Gasteiger partial charge on any atom is -0.338 e. The van der Waals surface area contributed by atoms with Gasteiger partial charge in [0.15, 0.2) is 0 Å². The molecule has 5 heteroatoms. The second-order valence-corrected chi connectivity index (χ2v) is 9.48. The van der Waals surface area contributed by atoms with Crippen molar-refractivity contribution >= 4 is 23.5 Å². The Morgan fingerprint density at radius 1 is 1.26 bits per heavy atom. The number of benzene rings is 1. The molecule has 1 heterocycles. The predicted molar refractivity (Wildman–Crippen MR) is 147 cm³/mol. The molecule has 35 heavy (non-hydrogen) atoms. The maximum absolute atomic E-state index is 14.4. The largest absolute Gasteiger partial charge is 0.338 e. The summed E-state index contributed by atoms with van der Waals surface area (Å²) in [5.41, 5.74) is 4.89. The number of hydrogen-bond acceptors (Lipinski definition) is 4. The Kier molecular flexibility index (Phi) is 9.47. The van der Waals surface area contributed by atoms with Gasteiger partial charge in [-0.1, -0.05) is 45.6 Å². The monoisotopic (exact) mass is 475 g/mol. The molecular formula is C30H38FN3O. The molecule has 0 aliphatic heterocycles. The number of anilines is 1. The fourth-order valence-corrected chi connectivity index (χ4v) is 4.15. The summed E-state index contributed by atoms with van der Waals surface area (Å²) in [6.07, 6.45) is 7.20. The van der Waals surface area contributed by atoms with Gasteiger partial charge in [0.05, 0.1) is 17.1 Å². The molecule has 1 aromatic heterocycles. The van der Waals surface area contributed by atoms with E-state index in [0.717, 1.165) is 34.4 Å². The lowest BCUT2D eigenvalue weighted by molar-refractivity contribution is -0.126. The van der Waals surface area contributed by atoms with Crippen molar-refractivity contribution in [3.05, 3.63) is 77.3 Å². The Morgan fingerprint density at radius 3 is 2.49 bits per heavy atom. The molecule has 0 radical (unpaired) electrons. The van der Waals surface area contributed by atoms with Gasteiger partial charge in [0.25, 0.3) is 0 Å². The average Bonchev–Trinajstić information content (AvgIpc) is 2.82. The van der Waals surface area contributed by atoms with E-state index < -0.39 is 11.2 Å². The maximum atomic E-state index is 14.4. The number of pyridine rings is 1. The first-order valence-corrected chi connectivity index (χ1v) is 12.1. The van der Waals surface area contributed by atoms with Crippen molar-refractivity contribution < 1.29 is 9.18 Å². The number of aryl methyl sites for hydroxylation is 1. The van der Waals surface area contributed by atoms with Gasteiger partial charge in [0, 0.05) is 28.7 Å². The number of ketones is 1. The number of halogens is 1. The Hall–Kier alpha value is -3.34. The fourth-order valence-electron chi connectivity index (χ4n) is 4.15. The summed E-state index contributed by atoms with van der Waals surface area (Å²) in [4.78, 5) is 22.3. The van der Waals surface area contributed by atoms with E-state index in [1.807, 2.05) is 85.9 Å². The van der Waals surface area contributed by atoms with Gasteiger partial charge in [-0.2, -0.15) is 0 Å². The number of Topliss-reactive ketones (excluding diaryl/α,β-unsaturated/α-hetero) is 1. The van der Waals surface area contributed by atoms with Gasteiger partial charge < -0.3 is 5.32 Å². The molecule has 0 aliphatic carbocycles. The first kappa shape index (κ1) is 27.9. The van der Waals surface area contributed by atoms with Crippen LogP contribution in [0.2, 0.25) is 0 Å². The molecule has 186 valence electrons. The highest BCUT2D eigenvalue weighted by atomic mass is 19.1. The van der Waals surface area contributed by atoms with Crippen LogP contribution in [0, 0.1) is 19.8 Å². The minimum atomic E-state index is -0.588. The number of hydrogen-bond donors (Lipinski definition) is 1. The smallest absolute Gasteiger partial charge is 0.146 e. The summed E-state index contributed by atoms with van der Waals surface area (Å²) >= 11 is 0. The predicted octanol–water partition coefficient (Wildman–Crippen LogP) is 8.34. The lowest BCUT2D eigenvalue weighted by Gasteiger charge is -2.28. The first-order valence-electron chi connectivity index (χ1n) is 12.1. The molecule has 4 nitrogen and oxygen atoms in total. The molecule has 0 fully saturated rings. The van der Waals surface area contributed by atoms with Crippen molar-refractivity contribution in [2.24, 2.45) is 10.9 Å². The maximum Gasteiger partial charge on any atom is 0.146 e. The summed E-state index contributed by atoms with van der Waals surface area (Å²) in [6.45, 7) is 19.1. The molecule has 0 aliphatic rings. The van der Waals surface area contributed by atoms with E-state index in [-0.39, 0.29) is 17.4 Å². The van der Waals surface area contributed by atoms with Gasteiger partial charge in [0.2, 0.25) is 0 Å². The summed E-state index contributed by atoms with van der Waals surface area (Å²) < 4.78 is 14.4. The van der Waals surface area contributed by atoms with E-state index in [2.05, 4.69) is 16.9 Å². The van der Waals surface area contributed by atoms with Gasteiger partial charge >= 0.3 is 0 Å². The fraction of sp³-hybridized carbons (Fsp3) is 0.367.